The fourth-order valence-electron chi connectivity index (χ4n) is 3.66. The van der Waals surface area contributed by atoms with Gasteiger partial charge >= 0.3 is 5.97 Å². The Morgan fingerprint density at radius 1 is 1.21 bits per heavy atom. The lowest BCUT2D eigenvalue weighted by Crippen LogP contribution is -2.21. The smallest absolute Gasteiger partial charge is 0.356 e. The van der Waals surface area contributed by atoms with Crippen molar-refractivity contribution in [3.8, 4) is 0 Å². The van der Waals surface area contributed by atoms with E-state index in [1.54, 1.807) is 19.2 Å². The van der Waals surface area contributed by atoms with E-state index >= 15 is 0 Å². The van der Waals surface area contributed by atoms with Gasteiger partial charge < -0.3 is 9.84 Å². The summed E-state index contributed by atoms with van der Waals surface area (Å²) in [6.07, 6.45) is 3.34. The van der Waals surface area contributed by atoms with Crippen LogP contribution in [0.2, 0.25) is 0 Å². The number of nitrogens with one attached hydrogen (secondary N) is 1. The third kappa shape index (κ3) is 4.05. The third-order valence-electron chi connectivity index (χ3n) is 5.24. The van der Waals surface area contributed by atoms with Crippen molar-refractivity contribution in [2.24, 2.45) is 7.05 Å². The van der Waals surface area contributed by atoms with Crippen LogP contribution in [0.4, 0.5) is 5.69 Å². The number of carboxylic acid groups (broad SMARTS) is 1. The van der Waals surface area contributed by atoms with E-state index in [2.05, 4.69) is 9.82 Å². The molecule has 1 heterocycles. The fourth-order valence-corrected chi connectivity index (χ4v) is 4.74. The lowest BCUT2D eigenvalue weighted by molar-refractivity contribution is 0.0655. The fraction of sp³-hybridized carbons (Fsp3) is 0.474. The molecule has 28 heavy (non-hydrogen) atoms. The van der Waals surface area contributed by atoms with Gasteiger partial charge in [0, 0.05) is 20.1 Å². The van der Waals surface area contributed by atoms with Gasteiger partial charge in [-0.05, 0) is 44.7 Å². The number of aromatic nitrogens is 2. The summed E-state index contributed by atoms with van der Waals surface area (Å²) in [6, 6.07) is 6.39. The van der Waals surface area contributed by atoms with Gasteiger partial charge in [0.25, 0.3) is 10.0 Å². The second-order valence-electron chi connectivity index (χ2n) is 7.17. The summed E-state index contributed by atoms with van der Waals surface area (Å²) in [4.78, 5) is 11.9. The summed E-state index contributed by atoms with van der Waals surface area (Å²) in [6.45, 7) is 1.86. The normalized spacial score (nSPS) is 20.1. The summed E-state index contributed by atoms with van der Waals surface area (Å²) in [5, 5.41) is 14.0. The highest BCUT2D eigenvalue weighted by Gasteiger charge is 2.32. The summed E-state index contributed by atoms with van der Waals surface area (Å²) in [5.41, 5.74) is 1.29. The van der Waals surface area contributed by atoms with Gasteiger partial charge in [-0.2, -0.15) is 5.10 Å². The van der Waals surface area contributed by atoms with Crippen LogP contribution in [0, 0.1) is 6.92 Å². The van der Waals surface area contributed by atoms with E-state index in [0.717, 1.165) is 31.2 Å². The van der Waals surface area contributed by atoms with Gasteiger partial charge in [-0.1, -0.05) is 17.7 Å². The number of aryl methyl sites for hydroxylation is 2. The van der Waals surface area contributed by atoms with Gasteiger partial charge in [0.15, 0.2) is 5.69 Å². The number of anilines is 1. The molecule has 2 N–H and O–H groups in total. The maximum absolute atomic E-state index is 12.9. The molecule has 3 rings (SSSR count). The van der Waals surface area contributed by atoms with Crippen LogP contribution < -0.4 is 4.72 Å². The lowest BCUT2D eigenvalue weighted by atomic mass is 9.84. The van der Waals surface area contributed by atoms with E-state index in [4.69, 9.17) is 4.74 Å². The van der Waals surface area contributed by atoms with Crippen LogP contribution in [-0.4, -0.2) is 42.5 Å². The Morgan fingerprint density at radius 3 is 2.36 bits per heavy atom. The third-order valence-corrected chi connectivity index (χ3v) is 6.60. The van der Waals surface area contributed by atoms with Crippen LogP contribution >= 0.6 is 0 Å². The van der Waals surface area contributed by atoms with E-state index in [1.165, 1.54) is 23.9 Å². The van der Waals surface area contributed by atoms with Crippen molar-refractivity contribution in [2.45, 2.75) is 49.5 Å². The highest BCUT2D eigenvalue weighted by molar-refractivity contribution is 7.92. The molecular formula is C19H25N3O5S. The van der Waals surface area contributed by atoms with E-state index < -0.39 is 16.0 Å². The molecule has 0 amide bonds. The second kappa shape index (κ2) is 7.92. The molecule has 1 aromatic heterocycles. The largest absolute Gasteiger partial charge is 0.476 e. The summed E-state index contributed by atoms with van der Waals surface area (Å²) < 4.78 is 34.9. The molecule has 1 fully saturated rings. The van der Waals surface area contributed by atoms with Gasteiger partial charge in [-0.15, -0.1) is 0 Å². The number of ether oxygens (including phenoxy) is 1. The number of hydrogen-bond donors (Lipinski definition) is 2. The van der Waals surface area contributed by atoms with Crippen LogP contribution in [0.25, 0.3) is 0 Å². The molecule has 0 saturated heterocycles. The first kappa shape index (κ1) is 20.3. The molecule has 152 valence electrons. The van der Waals surface area contributed by atoms with Crippen molar-refractivity contribution >= 4 is 21.7 Å². The quantitative estimate of drug-likeness (QED) is 0.762. The van der Waals surface area contributed by atoms with Crippen LogP contribution in [-0.2, 0) is 21.8 Å². The summed E-state index contributed by atoms with van der Waals surface area (Å²) in [5.74, 6) is -1.25. The minimum atomic E-state index is -3.94. The van der Waals surface area contributed by atoms with Crippen molar-refractivity contribution in [2.75, 3.05) is 11.8 Å². The molecule has 0 aliphatic heterocycles. The Morgan fingerprint density at radius 2 is 1.82 bits per heavy atom. The van der Waals surface area contributed by atoms with Gasteiger partial charge in [0.1, 0.15) is 5.69 Å². The zero-order chi connectivity index (χ0) is 20.5. The average Bonchev–Trinajstić information content (AvgIpc) is 2.97. The Labute approximate surface area is 164 Å². The van der Waals surface area contributed by atoms with E-state index in [-0.39, 0.29) is 28.3 Å². The van der Waals surface area contributed by atoms with Crippen LogP contribution in [0.1, 0.15) is 53.3 Å². The number of benzene rings is 1. The number of carbonyl (C=O) groups is 1. The van der Waals surface area contributed by atoms with E-state index in [1.807, 2.05) is 6.92 Å². The predicted octanol–water partition coefficient (Wildman–Crippen LogP) is 2.90. The number of aromatic carboxylic acids is 1. The van der Waals surface area contributed by atoms with Gasteiger partial charge in [0.05, 0.1) is 16.7 Å². The Kier molecular flexibility index (Phi) is 5.76. The van der Waals surface area contributed by atoms with Crippen molar-refractivity contribution in [3.63, 3.8) is 0 Å². The second-order valence-corrected chi connectivity index (χ2v) is 8.85. The molecule has 9 heteroatoms. The molecule has 1 saturated carbocycles. The molecule has 0 spiro atoms. The number of hydrogen-bond acceptors (Lipinski definition) is 5. The zero-order valence-corrected chi connectivity index (χ0v) is 17.0. The topological polar surface area (TPSA) is 111 Å². The first-order valence-electron chi connectivity index (χ1n) is 9.15. The zero-order valence-electron chi connectivity index (χ0n) is 16.2. The van der Waals surface area contributed by atoms with Crippen LogP contribution in [0.5, 0.6) is 0 Å². The summed E-state index contributed by atoms with van der Waals surface area (Å²) in [7, 11) is -0.753. The summed E-state index contributed by atoms with van der Waals surface area (Å²) >= 11 is 0. The lowest BCUT2D eigenvalue weighted by Gasteiger charge is -2.27. The minimum Gasteiger partial charge on any atom is -0.476 e. The molecule has 1 aliphatic carbocycles. The molecule has 8 nitrogen and oxygen atoms in total. The van der Waals surface area contributed by atoms with Gasteiger partial charge in [-0.25, -0.2) is 13.2 Å². The predicted molar refractivity (Wildman–Crippen MR) is 104 cm³/mol. The molecular weight excluding hydrogens is 382 g/mol. The van der Waals surface area contributed by atoms with Crippen molar-refractivity contribution < 1.29 is 23.1 Å². The monoisotopic (exact) mass is 407 g/mol. The number of nitrogens with zero attached hydrogens (tertiary/aromatic N) is 2. The Hall–Kier alpha value is -2.39. The highest BCUT2D eigenvalue weighted by atomic mass is 32.2. The maximum atomic E-state index is 12.9. The van der Waals surface area contributed by atoms with Gasteiger partial charge in [-0.3, -0.25) is 9.40 Å². The molecule has 0 atom stereocenters. The van der Waals surface area contributed by atoms with Crippen LogP contribution in [0.3, 0.4) is 0 Å². The molecule has 0 unspecified atom stereocenters. The highest BCUT2D eigenvalue weighted by Crippen LogP contribution is 2.38. The van der Waals surface area contributed by atoms with Crippen LogP contribution in [0.15, 0.2) is 29.2 Å². The SMILES string of the molecule is CO[C@H]1CC[C@@H](c2nn(C)c(C(=O)O)c2NS(=O)(=O)c2ccc(C)cc2)CC1. The standard InChI is InChI=1S/C19H25N3O5S/c1-12-4-10-15(11-5-12)28(25,26)21-17-16(20-22(2)18(17)19(23)24)13-6-8-14(27-3)9-7-13/h4-5,10-11,13-14,21H,6-9H2,1-3H3,(H,23,24)/t13-,14+. The van der Waals surface area contributed by atoms with Crippen molar-refractivity contribution in [3.05, 3.63) is 41.2 Å². The molecule has 0 radical (unpaired) electrons. The van der Waals surface area contributed by atoms with Crippen molar-refractivity contribution in [1.29, 1.82) is 0 Å². The Bertz CT molecular complexity index is 958. The van der Waals surface area contributed by atoms with E-state index in [9.17, 15) is 18.3 Å². The number of sulfonamides is 1. The number of carboxylic acids is 1. The van der Waals surface area contributed by atoms with E-state index in [0.29, 0.717) is 5.69 Å². The molecule has 1 aromatic carbocycles. The maximum Gasteiger partial charge on any atom is 0.356 e. The number of rotatable bonds is 6. The average molecular weight is 407 g/mol. The first-order chi connectivity index (χ1) is 13.2. The number of methoxy groups -OCH3 is 1. The molecule has 2 aromatic rings. The van der Waals surface area contributed by atoms with Gasteiger partial charge in [0.2, 0.25) is 0 Å². The van der Waals surface area contributed by atoms with Crippen molar-refractivity contribution in [1.82, 2.24) is 9.78 Å². The minimum absolute atomic E-state index is 0.0265. The first-order valence-corrected chi connectivity index (χ1v) is 10.6. The molecule has 0 bridgehead atoms. The molecule has 1 aliphatic rings. The Balaban J connectivity index is 1.99.